The second-order valence-electron chi connectivity index (χ2n) is 1.97. The van der Waals surface area contributed by atoms with Crippen LogP contribution in [0.5, 0.6) is 0 Å². The molecule has 0 aromatic carbocycles. The highest BCUT2D eigenvalue weighted by molar-refractivity contribution is 6.50. The van der Waals surface area contributed by atoms with Crippen LogP contribution in [0.1, 0.15) is 20.8 Å². The molecule has 4 heteroatoms. The summed E-state index contributed by atoms with van der Waals surface area (Å²) in [5.41, 5.74) is 0. The molecule has 0 bridgehead atoms. The van der Waals surface area contributed by atoms with Crippen LogP contribution in [0, 0.1) is 0 Å². The molecule has 0 aromatic heterocycles. The van der Waals surface area contributed by atoms with Crippen molar-refractivity contribution in [2.24, 2.45) is 0 Å². The van der Waals surface area contributed by atoms with Crippen LogP contribution in [0.4, 0.5) is 0 Å². The Bertz CT molecular complexity index is 55.7. The van der Waals surface area contributed by atoms with Gasteiger partial charge in [-0.25, -0.2) is 0 Å². The van der Waals surface area contributed by atoms with Crippen molar-refractivity contribution in [1.82, 2.24) is 14.9 Å². The van der Waals surface area contributed by atoms with Crippen molar-refractivity contribution in [3.8, 4) is 0 Å². The van der Waals surface area contributed by atoms with Crippen LogP contribution >= 0.6 is 0 Å². The predicted octanol–water partition coefficient (Wildman–Crippen LogP) is -0.200. The van der Waals surface area contributed by atoms with Crippen LogP contribution in [0.3, 0.4) is 0 Å². The number of hydrogen-bond acceptors (Lipinski definition) is 3. The summed E-state index contributed by atoms with van der Waals surface area (Å²) in [7, 11) is -0.647. The minimum atomic E-state index is -0.647. The standard InChI is InChI=1S/C6H18N3Si/c1-4-7-10(8-5-2)9-6-3/h7-9H,4-6H2,1-3H3. The third-order valence-electron chi connectivity index (χ3n) is 1.06. The number of rotatable bonds is 6. The van der Waals surface area contributed by atoms with Crippen LogP contribution in [-0.2, 0) is 0 Å². The van der Waals surface area contributed by atoms with E-state index in [2.05, 4.69) is 35.7 Å². The maximum atomic E-state index is 3.36. The van der Waals surface area contributed by atoms with E-state index in [-0.39, 0.29) is 0 Å². The van der Waals surface area contributed by atoms with Gasteiger partial charge in [0.2, 0.25) is 0 Å². The molecule has 0 atom stereocenters. The van der Waals surface area contributed by atoms with E-state index < -0.39 is 9.28 Å². The van der Waals surface area contributed by atoms with Crippen molar-refractivity contribution < 1.29 is 0 Å². The van der Waals surface area contributed by atoms with Crippen LogP contribution in [0.25, 0.3) is 0 Å². The van der Waals surface area contributed by atoms with Gasteiger partial charge in [0.05, 0.1) is 0 Å². The van der Waals surface area contributed by atoms with Crippen LogP contribution in [0.15, 0.2) is 0 Å². The number of nitrogens with one attached hydrogen (secondary N) is 3. The van der Waals surface area contributed by atoms with E-state index in [0.717, 1.165) is 19.6 Å². The molecule has 0 aliphatic rings. The third-order valence-corrected chi connectivity index (χ3v) is 3.18. The summed E-state index contributed by atoms with van der Waals surface area (Å²) >= 11 is 0. The molecule has 0 fully saturated rings. The maximum Gasteiger partial charge on any atom is 0.319 e. The van der Waals surface area contributed by atoms with Gasteiger partial charge in [0.15, 0.2) is 0 Å². The molecule has 0 aliphatic carbocycles. The molecule has 10 heavy (non-hydrogen) atoms. The molecule has 0 saturated heterocycles. The quantitative estimate of drug-likeness (QED) is 0.471. The fraction of sp³-hybridized carbons (Fsp3) is 1.00. The first-order valence-electron chi connectivity index (χ1n) is 3.93. The summed E-state index contributed by atoms with van der Waals surface area (Å²) in [6.45, 7) is 9.48. The molecular weight excluding hydrogens is 142 g/mol. The second-order valence-corrected chi connectivity index (χ2v) is 3.78. The Morgan fingerprint density at radius 2 is 1.10 bits per heavy atom. The van der Waals surface area contributed by atoms with E-state index in [1.807, 2.05) is 0 Å². The van der Waals surface area contributed by atoms with Gasteiger partial charge in [0, 0.05) is 0 Å². The zero-order chi connectivity index (χ0) is 7.82. The molecule has 3 N–H and O–H groups in total. The smallest absolute Gasteiger partial charge is 0.313 e. The van der Waals surface area contributed by atoms with Gasteiger partial charge in [-0.2, -0.15) is 0 Å². The zero-order valence-electron chi connectivity index (χ0n) is 7.12. The van der Waals surface area contributed by atoms with Crippen LogP contribution in [-0.4, -0.2) is 28.9 Å². The van der Waals surface area contributed by atoms with Crippen molar-refractivity contribution in [3.05, 3.63) is 0 Å². The van der Waals surface area contributed by atoms with Gasteiger partial charge in [-0.05, 0) is 19.6 Å². The summed E-state index contributed by atoms with van der Waals surface area (Å²) in [6, 6.07) is 0. The van der Waals surface area contributed by atoms with Crippen molar-refractivity contribution in [1.29, 1.82) is 0 Å². The molecule has 0 aromatic rings. The molecule has 0 saturated carbocycles. The molecule has 0 amide bonds. The lowest BCUT2D eigenvalue weighted by Gasteiger charge is -2.14. The Labute approximate surface area is 65.4 Å². The molecule has 3 nitrogen and oxygen atoms in total. The van der Waals surface area contributed by atoms with E-state index in [1.165, 1.54) is 0 Å². The SMILES string of the molecule is CCN[Si](NCC)NCC. The lowest BCUT2D eigenvalue weighted by atomic mass is 10.8. The van der Waals surface area contributed by atoms with Gasteiger partial charge in [-0.15, -0.1) is 0 Å². The largest absolute Gasteiger partial charge is 0.319 e. The van der Waals surface area contributed by atoms with E-state index in [1.54, 1.807) is 0 Å². The first-order valence-corrected chi connectivity index (χ1v) is 5.43. The van der Waals surface area contributed by atoms with Crippen LogP contribution < -0.4 is 14.9 Å². The average molecular weight is 160 g/mol. The third kappa shape index (κ3) is 4.93. The summed E-state index contributed by atoms with van der Waals surface area (Å²) in [6.07, 6.45) is 0. The average Bonchev–Trinajstić information content (AvgIpc) is 1.90. The van der Waals surface area contributed by atoms with Crippen molar-refractivity contribution in [2.75, 3.05) is 19.6 Å². The molecular formula is C6H18N3Si. The van der Waals surface area contributed by atoms with E-state index in [9.17, 15) is 0 Å². The van der Waals surface area contributed by atoms with Gasteiger partial charge in [-0.1, -0.05) is 20.8 Å². The topological polar surface area (TPSA) is 36.1 Å². The highest BCUT2D eigenvalue weighted by Crippen LogP contribution is 1.64. The zero-order valence-corrected chi connectivity index (χ0v) is 8.12. The Hall–Kier alpha value is 0.0969. The first-order chi connectivity index (χ1) is 4.85. The van der Waals surface area contributed by atoms with Crippen molar-refractivity contribution in [3.63, 3.8) is 0 Å². The first kappa shape index (κ1) is 10.1. The molecule has 0 heterocycles. The summed E-state index contributed by atoms with van der Waals surface area (Å²) in [4.78, 5) is 10.1. The van der Waals surface area contributed by atoms with Crippen molar-refractivity contribution >= 4 is 9.28 Å². The van der Waals surface area contributed by atoms with Gasteiger partial charge >= 0.3 is 9.28 Å². The normalized spacial score (nSPS) is 10.8. The second kappa shape index (κ2) is 7.21. The molecule has 0 unspecified atom stereocenters. The molecule has 0 spiro atoms. The number of hydrogen-bond donors (Lipinski definition) is 3. The molecule has 61 valence electrons. The summed E-state index contributed by atoms with van der Waals surface area (Å²) < 4.78 is 0. The van der Waals surface area contributed by atoms with Crippen LogP contribution in [0.2, 0.25) is 0 Å². The fourth-order valence-electron chi connectivity index (χ4n) is 0.718. The minimum absolute atomic E-state index is 0.647. The molecule has 0 rings (SSSR count). The van der Waals surface area contributed by atoms with E-state index in [0.29, 0.717) is 0 Å². The summed E-state index contributed by atoms with van der Waals surface area (Å²) in [5.74, 6) is 0. The van der Waals surface area contributed by atoms with Gasteiger partial charge in [0.1, 0.15) is 0 Å². The Balaban J connectivity index is 3.30. The van der Waals surface area contributed by atoms with Gasteiger partial charge in [0.25, 0.3) is 0 Å². The lowest BCUT2D eigenvalue weighted by molar-refractivity contribution is 0.820. The predicted molar refractivity (Wildman–Crippen MR) is 46.8 cm³/mol. The highest BCUT2D eigenvalue weighted by Gasteiger charge is 2.05. The highest BCUT2D eigenvalue weighted by atomic mass is 28.3. The maximum absolute atomic E-state index is 3.36. The van der Waals surface area contributed by atoms with Crippen molar-refractivity contribution in [2.45, 2.75) is 20.8 Å². The van der Waals surface area contributed by atoms with E-state index >= 15 is 0 Å². The Morgan fingerprint density at radius 1 is 0.800 bits per heavy atom. The molecule has 1 radical (unpaired) electrons. The van der Waals surface area contributed by atoms with Gasteiger partial charge in [-0.3, -0.25) is 0 Å². The van der Waals surface area contributed by atoms with Gasteiger partial charge < -0.3 is 14.9 Å². The Kier molecular flexibility index (Phi) is 7.28. The molecule has 0 aliphatic heterocycles. The fourth-order valence-corrected chi connectivity index (χ4v) is 2.15. The minimum Gasteiger partial charge on any atom is -0.313 e. The van der Waals surface area contributed by atoms with E-state index in [4.69, 9.17) is 0 Å². The Morgan fingerprint density at radius 3 is 1.30 bits per heavy atom. The summed E-state index contributed by atoms with van der Waals surface area (Å²) in [5, 5.41) is 0. The monoisotopic (exact) mass is 160 g/mol. The lowest BCUT2D eigenvalue weighted by Crippen LogP contribution is -2.57.